The zero-order valence-corrected chi connectivity index (χ0v) is 9.83. The monoisotopic (exact) mass is 237 g/mol. The van der Waals surface area contributed by atoms with Gasteiger partial charge in [-0.15, -0.1) is 0 Å². The predicted molar refractivity (Wildman–Crippen MR) is 61.7 cm³/mol. The van der Waals surface area contributed by atoms with Crippen LogP contribution in [0, 0.1) is 5.82 Å². The van der Waals surface area contributed by atoms with Crippen LogP contribution in [0.4, 0.5) is 4.39 Å². The van der Waals surface area contributed by atoms with E-state index >= 15 is 0 Å². The van der Waals surface area contributed by atoms with Gasteiger partial charge < -0.3 is 0 Å². The fourth-order valence-electron chi connectivity index (χ4n) is 2.58. The van der Waals surface area contributed by atoms with Crippen molar-refractivity contribution in [3.63, 3.8) is 0 Å². The number of carbonyl (C=O) groups is 1. The summed E-state index contributed by atoms with van der Waals surface area (Å²) in [6.07, 6.45) is 3.59. The van der Waals surface area contributed by atoms with Crippen molar-refractivity contribution < 1.29 is 14.0 Å². The molecule has 1 aromatic rings. The molecule has 1 aliphatic rings. The Bertz CT molecular complexity index is 396. The number of halogens is 1. The Morgan fingerprint density at radius 3 is 2.41 bits per heavy atom. The lowest BCUT2D eigenvalue weighted by molar-refractivity contribution is -0.137. The van der Waals surface area contributed by atoms with Gasteiger partial charge in [-0.2, -0.15) is 0 Å². The summed E-state index contributed by atoms with van der Waals surface area (Å²) in [5, 5.41) is 0. The van der Waals surface area contributed by atoms with Crippen molar-refractivity contribution >= 4 is 5.91 Å². The van der Waals surface area contributed by atoms with Gasteiger partial charge in [0.25, 0.3) is 5.91 Å². The summed E-state index contributed by atoms with van der Waals surface area (Å²) in [7, 11) is 1.42. The van der Waals surface area contributed by atoms with Gasteiger partial charge in [0.05, 0.1) is 12.5 Å². The lowest BCUT2D eigenvalue weighted by atomic mass is 9.78. The second kappa shape index (κ2) is 4.84. The fraction of sp³-hybridized carbons (Fsp3) is 0.462. The zero-order chi connectivity index (χ0) is 12.3. The third-order valence-electron chi connectivity index (χ3n) is 3.48. The summed E-state index contributed by atoms with van der Waals surface area (Å²) in [5.74, 6) is -0.418. The van der Waals surface area contributed by atoms with Crippen molar-refractivity contribution in [1.29, 1.82) is 0 Å². The SMILES string of the molecule is CONC(=O)C1(c2ccc(F)cc2)CCCC1. The van der Waals surface area contributed by atoms with Crippen molar-refractivity contribution in [3.05, 3.63) is 35.6 Å². The molecule has 0 heterocycles. The van der Waals surface area contributed by atoms with Crippen LogP contribution in [0.3, 0.4) is 0 Å². The van der Waals surface area contributed by atoms with Gasteiger partial charge >= 0.3 is 0 Å². The third kappa shape index (κ3) is 2.17. The highest BCUT2D eigenvalue weighted by Crippen LogP contribution is 2.41. The summed E-state index contributed by atoms with van der Waals surface area (Å²) >= 11 is 0. The van der Waals surface area contributed by atoms with Crippen LogP contribution in [0.1, 0.15) is 31.2 Å². The molecule has 1 fully saturated rings. The van der Waals surface area contributed by atoms with Gasteiger partial charge in [0.15, 0.2) is 0 Å². The first-order chi connectivity index (χ1) is 8.19. The van der Waals surface area contributed by atoms with Gasteiger partial charge in [0.2, 0.25) is 0 Å². The largest absolute Gasteiger partial charge is 0.277 e. The highest BCUT2D eigenvalue weighted by Gasteiger charge is 2.42. The number of benzene rings is 1. The average molecular weight is 237 g/mol. The second-order valence-electron chi connectivity index (χ2n) is 4.43. The molecule has 0 aromatic heterocycles. The van der Waals surface area contributed by atoms with E-state index < -0.39 is 5.41 Å². The zero-order valence-electron chi connectivity index (χ0n) is 9.83. The molecule has 0 radical (unpaired) electrons. The highest BCUT2D eigenvalue weighted by molar-refractivity contribution is 5.87. The van der Waals surface area contributed by atoms with Crippen molar-refractivity contribution in [2.75, 3.05) is 7.11 Å². The van der Waals surface area contributed by atoms with Crippen LogP contribution in [0.15, 0.2) is 24.3 Å². The van der Waals surface area contributed by atoms with E-state index in [0.29, 0.717) is 0 Å². The minimum absolute atomic E-state index is 0.135. The minimum atomic E-state index is -0.552. The molecule has 3 nitrogen and oxygen atoms in total. The first-order valence-electron chi connectivity index (χ1n) is 5.78. The number of rotatable bonds is 3. The molecule has 0 unspecified atom stereocenters. The van der Waals surface area contributed by atoms with E-state index in [1.807, 2.05) is 0 Å². The Balaban J connectivity index is 2.34. The van der Waals surface area contributed by atoms with E-state index in [2.05, 4.69) is 5.48 Å². The van der Waals surface area contributed by atoms with Gasteiger partial charge in [-0.05, 0) is 30.5 Å². The molecule has 0 saturated heterocycles. The quantitative estimate of drug-likeness (QED) is 0.819. The van der Waals surface area contributed by atoms with Crippen molar-refractivity contribution in [2.45, 2.75) is 31.1 Å². The van der Waals surface area contributed by atoms with Crippen LogP contribution >= 0.6 is 0 Å². The molecule has 1 saturated carbocycles. The van der Waals surface area contributed by atoms with E-state index in [1.165, 1.54) is 19.2 Å². The standard InChI is InChI=1S/C13H16FNO2/c1-17-15-12(16)13(8-2-3-9-13)10-4-6-11(14)7-5-10/h4-7H,2-3,8-9H2,1H3,(H,15,16). The predicted octanol–water partition coefficient (Wildman–Crippen LogP) is 2.32. The van der Waals surface area contributed by atoms with Crippen LogP contribution in [0.2, 0.25) is 0 Å². The summed E-state index contributed by atoms with van der Waals surface area (Å²) in [4.78, 5) is 16.8. The summed E-state index contributed by atoms with van der Waals surface area (Å²) < 4.78 is 12.9. The Morgan fingerprint density at radius 1 is 1.29 bits per heavy atom. The number of amides is 1. The normalized spacial score (nSPS) is 18.0. The maximum Gasteiger partial charge on any atom is 0.254 e. The van der Waals surface area contributed by atoms with E-state index in [0.717, 1.165) is 31.2 Å². The lowest BCUT2D eigenvalue weighted by Gasteiger charge is -2.27. The maximum atomic E-state index is 12.9. The fourth-order valence-corrected chi connectivity index (χ4v) is 2.58. The Kier molecular flexibility index (Phi) is 3.43. The van der Waals surface area contributed by atoms with Crippen LogP contribution in [0.25, 0.3) is 0 Å². The summed E-state index contributed by atoms with van der Waals surface area (Å²) in [6.45, 7) is 0. The molecule has 0 spiro atoms. The lowest BCUT2D eigenvalue weighted by Crippen LogP contribution is -2.42. The van der Waals surface area contributed by atoms with Crippen LogP contribution < -0.4 is 5.48 Å². The Labute approximate surface area is 99.9 Å². The number of hydroxylamine groups is 1. The summed E-state index contributed by atoms with van der Waals surface area (Å²) in [5.41, 5.74) is 2.72. The van der Waals surface area contributed by atoms with Crippen molar-refractivity contribution in [3.8, 4) is 0 Å². The number of carbonyl (C=O) groups excluding carboxylic acids is 1. The Hall–Kier alpha value is -1.42. The van der Waals surface area contributed by atoms with E-state index in [4.69, 9.17) is 4.84 Å². The van der Waals surface area contributed by atoms with Gasteiger partial charge in [0.1, 0.15) is 5.82 Å². The minimum Gasteiger partial charge on any atom is -0.277 e. The molecule has 0 atom stereocenters. The Morgan fingerprint density at radius 2 is 1.88 bits per heavy atom. The van der Waals surface area contributed by atoms with Crippen molar-refractivity contribution in [1.82, 2.24) is 5.48 Å². The highest BCUT2D eigenvalue weighted by atomic mass is 19.1. The smallest absolute Gasteiger partial charge is 0.254 e. The van der Waals surface area contributed by atoms with Gasteiger partial charge in [-0.1, -0.05) is 25.0 Å². The van der Waals surface area contributed by atoms with Crippen LogP contribution in [-0.4, -0.2) is 13.0 Å². The maximum absolute atomic E-state index is 12.9. The van der Waals surface area contributed by atoms with E-state index in [-0.39, 0.29) is 11.7 Å². The van der Waals surface area contributed by atoms with Crippen LogP contribution in [-0.2, 0) is 15.0 Å². The molecule has 1 amide bonds. The molecule has 2 rings (SSSR count). The number of nitrogens with one attached hydrogen (secondary N) is 1. The van der Waals surface area contributed by atoms with Gasteiger partial charge in [-0.3, -0.25) is 9.63 Å². The molecular formula is C13H16FNO2. The van der Waals surface area contributed by atoms with Crippen molar-refractivity contribution in [2.24, 2.45) is 0 Å². The van der Waals surface area contributed by atoms with E-state index in [1.54, 1.807) is 12.1 Å². The molecule has 0 aliphatic heterocycles. The third-order valence-corrected chi connectivity index (χ3v) is 3.48. The second-order valence-corrected chi connectivity index (χ2v) is 4.43. The molecule has 1 aromatic carbocycles. The molecular weight excluding hydrogens is 221 g/mol. The first-order valence-corrected chi connectivity index (χ1v) is 5.78. The van der Waals surface area contributed by atoms with Crippen LogP contribution in [0.5, 0.6) is 0 Å². The molecule has 1 N–H and O–H groups in total. The number of hydrogen-bond acceptors (Lipinski definition) is 2. The summed E-state index contributed by atoms with van der Waals surface area (Å²) in [6, 6.07) is 6.18. The number of hydrogen-bond donors (Lipinski definition) is 1. The molecule has 92 valence electrons. The molecule has 17 heavy (non-hydrogen) atoms. The first kappa shape index (κ1) is 12.0. The molecule has 1 aliphatic carbocycles. The topological polar surface area (TPSA) is 38.3 Å². The van der Waals surface area contributed by atoms with Gasteiger partial charge in [0, 0.05) is 0 Å². The van der Waals surface area contributed by atoms with E-state index in [9.17, 15) is 9.18 Å². The average Bonchev–Trinajstić information content (AvgIpc) is 2.81. The molecule has 0 bridgehead atoms. The van der Waals surface area contributed by atoms with Gasteiger partial charge in [-0.25, -0.2) is 9.87 Å². The molecule has 4 heteroatoms.